The molecular formula is C16H20N4O3. The molecule has 0 radical (unpaired) electrons. The van der Waals surface area contributed by atoms with E-state index in [1.165, 1.54) is 0 Å². The second-order valence-electron chi connectivity index (χ2n) is 4.72. The molecule has 23 heavy (non-hydrogen) atoms. The van der Waals surface area contributed by atoms with E-state index in [9.17, 15) is 4.79 Å². The molecule has 0 aliphatic heterocycles. The Morgan fingerprint density at radius 2 is 1.96 bits per heavy atom. The van der Waals surface area contributed by atoms with E-state index in [0.29, 0.717) is 31.3 Å². The van der Waals surface area contributed by atoms with Crippen LogP contribution in [0.15, 0.2) is 36.5 Å². The number of carbonyl (C=O) groups excluding carboxylic acids is 1. The van der Waals surface area contributed by atoms with Gasteiger partial charge in [-0.2, -0.15) is 0 Å². The summed E-state index contributed by atoms with van der Waals surface area (Å²) in [6.07, 6.45) is 1.55. The predicted octanol–water partition coefficient (Wildman–Crippen LogP) is 1.47. The van der Waals surface area contributed by atoms with Gasteiger partial charge >= 0.3 is 0 Å². The van der Waals surface area contributed by atoms with E-state index >= 15 is 0 Å². The summed E-state index contributed by atoms with van der Waals surface area (Å²) in [6.45, 7) is 1.53. The highest BCUT2D eigenvalue weighted by atomic mass is 16.5. The average Bonchev–Trinajstić information content (AvgIpc) is 2.60. The number of nitrogens with one attached hydrogen (secondary N) is 2. The maximum Gasteiger partial charge on any atom is 0.270 e. The van der Waals surface area contributed by atoms with Crippen molar-refractivity contribution in [2.24, 2.45) is 0 Å². The third kappa shape index (κ3) is 5.23. The Morgan fingerprint density at radius 3 is 2.65 bits per heavy atom. The lowest BCUT2D eigenvalue weighted by Crippen LogP contribution is -2.24. The van der Waals surface area contributed by atoms with Crippen LogP contribution in [0.4, 0.5) is 5.95 Å². The van der Waals surface area contributed by atoms with Crippen molar-refractivity contribution in [3.05, 3.63) is 47.8 Å². The summed E-state index contributed by atoms with van der Waals surface area (Å²) in [5.74, 6) is 0.930. The number of anilines is 1. The van der Waals surface area contributed by atoms with Gasteiger partial charge in [-0.3, -0.25) is 4.79 Å². The molecule has 2 aromatic rings. The van der Waals surface area contributed by atoms with Gasteiger partial charge in [0.1, 0.15) is 11.4 Å². The first-order valence-corrected chi connectivity index (χ1v) is 7.20. The molecule has 0 unspecified atom stereocenters. The van der Waals surface area contributed by atoms with Crippen LogP contribution in [-0.2, 0) is 11.3 Å². The molecule has 0 fully saturated rings. The summed E-state index contributed by atoms with van der Waals surface area (Å²) in [4.78, 5) is 20.4. The average molecular weight is 316 g/mol. The highest BCUT2D eigenvalue weighted by Crippen LogP contribution is 2.11. The Labute approximate surface area is 135 Å². The number of carbonyl (C=O) groups is 1. The van der Waals surface area contributed by atoms with Crippen molar-refractivity contribution in [1.82, 2.24) is 15.3 Å². The predicted molar refractivity (Wildman–Crippen MR) is 86.6 cm³/mol. The molecule has 0 bridgehead atoms. The van der Waals surface area contributed by atoms with Crippen molar-refractivity contribution in [2.45, 2.75) is 6.54 Å². The van der Waals surface area contributed by atoms with Gasteiger partial charge in [0.2, 0.25) is 5.95 Å². The summed E-state index contributed by atoms with van der Waals surface area (Å²) in [6, 6.07) is 9.08. The number of benzene rings is 1. The first-order valence-electron chi connectivity index (χ1n) is 7.20. The van der Waals surface area contributed by atoms with Crippen LogP contribution in [0.1, 0.15) is 16.1 Å². The molecule has 0 spiro atoms. The van der Waals surface area contributed by atoms with E-state index in [-0.39, 0.29) is 5.91 Å². The third-order valence-electron chi connectivity index (χ3n) is 3.09. The quantitative estimate of drug-likeness (QED) is 0.718. The lowest BCUT2D eigenvalue weighted by atomic mass is 10.2. The molecule has 2 N–H and O–H groups in total. The lowest BCUT2D eigenvalue weighted by Gasteiger charge is -2.07. The van der Waals surface area contributed by atoms with E-state index in [1.807, 2.05) is 24.3 Å². The molecular weight excluding hydrogens is 296 g/mol. The molecule has 1 heterocycles. The van der Waals surface area contributed by atoms with Gasteiger partial charge < -0.3 is 20.1 Å². The van der Waals surface area contributed by atoms with Gasteiger partial charge in [0.05, 0.1) is 13.7 Å². The maximum atomic E-state index is 12.1. The number of aromatic nitrogens is 2. The number of nitrogens with zero attached hydrogens (tertiary/aromatic N) is 2. The SMILES string of the molecule is COCCNc1nccc(C(=O)NCc2ccc(OC)cc2)n1. The van der Waals surface area contributed by atoms with Gasteiger partial charge in [-0.1, -0.05) is 12.1 Å². The van der Waals surface area contributed by atoms with Crippen molar-refractivity contribution in [1.29, 1.82) is 0 Å². The molecule has 2 rings (SSSR count). The minimum atomic E-state index is -0.252. The van der Waals surface area contributed by atoms with Crippen molar-refractivity contribution in [3.8, 4) is 5.75 Å². The van der Waals surface area contributed by atoms with Crippen LogP contribution in [0.3, 0.4) is 0 Å². The highest BCUT2D eigenvalue weighted by molar-refractivity contribution is 5.92. The molecule has 1 aromatic carbocycles. The standard InChI is InChI=1S/C16H20N4O3/c1-22-10-9-18-16-17-8-7-14(20-16)15(21)19-11-12-3-5-13(23-2)6-4-12/h3-8H,9-11H2,1-2H3,(H,19,21)(H,17,18,20). The first kappa shape index (κ1) is 16.7. The van der Waals surface area contributed by atoms with Crippen LogP contribution < -0.4 is 15.4 Å². The zero-order chi connectivity index (χ0) is 16.5. The number of ether oxygens (including phenoxy) is 2. The fraction of sp³-hybridized carbons (Fsp3) is 0.312. The smallest absolute Gasteiger partial charge is 0.270 e. The Kier molecular flexibility index (Phi) is 6.31. The minimum absolute atomic E-state index is 0.252. The Bertz CT molecular complexity index is 631. The van der Waals surface area contributed by atoms with E-state index in [1.54, 1.807) is 26.5 Å². The maximum absolute atomic E-state index is 12.1. The topological polar surface area (TPSA) is 85.4 Å². The van der Waals surface area contributed by atoms with Gasteiger partial charge in [0.15, 0.2) is 0 Å². The molecule has 122 valence electrons. The molecule has 0 aliphatic carbocycles. The number of rotatable bonds is 8. The zero-order valence-electron chi connectivity index (χ0n) is 13.2. The monoisotopic (exact) mass is 316 g/mol. The molecule has 7 heteroatoms. The normalized spacial score (nSPS) is 10.2. The minimum Gasteiger partial charge on any atom is -0.497 e. The lowest BCUT2D eigenvalue weighted by molar-refractivity contribution is 0.0946. The van der Waals surface area contributed by atoms with Crippen LogP contribution >= 0.6 is 0 Å². The van der Waals surface area contributed by atoms with E-state index < -0.39 is 0 Å². The molecule has 7 nitrogen and oxygen atoms in total. The van der Waals surface area contributed by atoms with Crippen LogP contribution in [0.2, 0.25) is 0 Å². The van der Waals surface area contributed by atoms with Crippen LogP contribution in [0.5, 0.6) is 5.75 Å². The Hall–Kier alpha value is -2.67. The second-order valence-corrected chi connectivity index (χ2v) is 4.72. The van der Waals surface area contributed by atoms with Crippen molar-refractivity contribution in [2.75, 3.05) is 32.7 Å². The van der Waals surface area contributed by atoms with Gasteiger partial charge in [0, 0.05) is 26.4 Å². The van der Waals surface area contributed by atoms with Crippen molar-refractivity contribution < 1.29 is 14.3 Å². The summed E-state index contributed by atoms with van der Waals surface area (Å²) in [5.41, 5.74) is 1.29. The fourth-order valence-electron chi connectivity index (χ4n) is 1.85. The highest BCUT2D eigenvalue weighted by Gasteiger charge is 2.08. The first-order chi connectivity index (χ1) is 11.2. The van der Waals surface area contributed by atoms with Gasteiger partial charge in [-0.15, -0.1) is 0 Å². The number of amides is 1. The number of hydrogen-bond acceptors (Lipinski definition) is 6. The number of hydrogen-bond donors (Lipinski definition) is 2. The van der Waals surface area contributed by atoms with Gasteiger partial charge in [-0.25, -0.2) is 9.97 Å². The van der Waals surface area contributed by atoms with Gasteiger partial charge in [0.25, 0.3) is 5.91 Å². The summed E-state index contributed by atoms with van der Waals surface area (Å²) in [5, 5.41) is 5.81. The molecule has 0 saturated heterocycles. The van der Waals surface area contributed by atoms with Crippen LogP contribution in [0.25, 0.3) is 0 Å². The van der Waals surface area contributed by atoms with Crippen molar-refractivity contribution in [3.63, 3.8) is 0 Å². The molecule has 1 amide bonds. The molecule has 0 atom stereocenters. The largest absolute Gasteiger partial charge is 0.497 e. The Morgan fingerprint density at radius 1 is 1.17 bits per heavy atom. The Balaban J connectivity index is 1.90. The van der Waals surface area contributed by atoms with E-state index in [4.69, 9.17) is 9.47 Å². The summed E-state index contributed by atoms with van der Waals surface area (Å²) >= 11 is 0. The summed E-state index contributed by atoms with van der Waals surface area (Å²) in [7, 11) is 3.23. The van der Waals surface area contributed by atoms with E-state index in [2.05, 4.69) is 20.6 Å². The summed E-state index contributed by atoms with van der Waals surface area (Å²) < 4.78 is 10.0. The molecule has 0 saturated carbocycles. The molecule has 0 aliphatic rings. The number of methoxy groups -OCH3 is 2. The third-order valence-corrected chi connectivity index (χ3v) is 3.09. The van der Waals surface area contributed by atoms with E-state index in [0.717, 1.165) is 11.3 Å². The molecule has 1 aromatic heterocycles. The van der Waals surface area contributed by atoms with Gasteiger partial charge in [-0.05, 0) is 23.8 Å². The van der Waals surface area contributed by atoms with Crippen LogP contribution in [-0.4, -0.2) is 43.2 Å². The van der Waals surface area contributed by atoms with Crippen molar-refractivity contribution >= 4 is 11.9 Å². The zero-order valence-corrected chi connectivity index (χ0v) is 13.2. The van der Waals surface area contributed by atoms with Crippen LogP contribution in [0, 0.1) is 0 Å². The fourth-order valence-corrected chi connectivity index (χ4v) is 1.85. The second kappa shape index (κ2) is 8.70.